The van der Waals surface area contributed by atoms with Crippen LogP contribution in [-0.2, 0) is 6.54 Å². The van der Waals surface area contributed by atoms with Gasteiger partial charge < -0.3 is 19.7 Å². The highest BCUT2D eigenvalue weighted by Gasteiger charge is 2.47. The van der Waals surface area contributed by atoms with E-state index in [9.17, 15) is 14.0 Å². The van der Waals surface area contributed by atoms with Crippen LogP contribution in [0.5, 0.6) is 0 Å². The minimum absolute atomic E-state index is 0.0309. The van der Waals surface area contributed by atoms with Crippen molar-refractivity contribution in [2.45, 2.75) is 63.6 Å². The average Bonchev–Trinajstić information content (AvgIpc) is 3.47. The van der Waals surface area contributed by atoms with Crippen LogP contribution in [-0.4, -0.2) is 53.1 Å². The summed E-state index contributed by atoms with van der Waals surface area (Å²) >= 11 is 0. The number of piperidine rings is 2. The maximum atomic E-state index is 14.3. The van der Waals surface area contributed by atoms with Crippen LogP contribution in [0.2, 0.25) is 0 Å². The number of carbonyl (C=O) groups excluding carboxylic acids is 1. The van der Waals surface area contributed by atoms with Crippen LogP contribution in [0.15, 0.2) is 77.7 Å². The van der Waals surface area contributed by atoms with Crippen molar-refractivity contribution in [1.29, 1.82) is 0 Å². The summed E-state index contributed by atoms with van der Waals surface area (Å²) in [4.78, 5) is 31.5. The number of hydrogen-bond acceptors (Lipinski definition) is 3. The van der Waals surface area contributed by atoms with Crippen molar-refractivity contribution in [2.24, 2.45) is 11.3 Å². The highest BCUT2D eigenvalue weighted by molar-refractivity contribution is 5.75. The molecule has 3 fully saturated rings. The standard InChI is InChI=1S/C34H41FN4O2/c1-36-28-15-20-39(31(22-28)25-9-3-2-4-10-25)33(41)38-19-14-27(34(24-38)16-7-8-17-34)23-37-18-13-26(21-32(37)40)29-11-5-6-12-30(29)35/h2-6,9-13,18,21,27-28,31,36H,7-8,14-17,19-20,22-24H2,1H3/t27-,28+,31-/m0/s1. The van der Waals surface area contributed by atoms with E-state index in [1.807, 2.05) is 25.4 Å². The van der Waals surface area contributed by atoms with E-state index in [4.69, 9.17) is 0 Å². The van der Waals surface area contributed by atoms with Crippen molar-refractivity contribution >= 4 is 6.03 Å². The molecule has 3 aliphatic rings. The molecular formula is C34H41FN4O2. The molecule has 2 saturated heterocycles. The molecule has 2 amide bonds. The molecule has 1 aliphatic carbocycles. The van der Waals surface area contributed by atoms with E-state index in [1.54, 1.807) is 28.8 Å². The maximum Gasteiger partial charge on any atom is 0.320 e. The lowest BCUT2D eigenvalue weighted by atomic mass is 9.69. The van der Waals surface area contributed by atoms with Gasteiger partial charge in [-0.1, -0.05) is 61.4 Å². The van der Waals surface area contributed by atoms with Crippen molar-refractivity contribution in [1.82, 2.24) is 19.7 Å². The highest BCUT2D eigenvalue weighted by atomic mass is 19.1. The summed E-state index contributed by atoms with van der Waals surface area (Å²) in [6.45, 7) is 2.85. The number of aromatic nitrogens is 1. The first-order valence-corrected chi connectivity index (χ1v) is 15.2. The molecule has 6 rings (SSSR count). The van der Waals surface area contributed by atoms with Gasteiger partial charge in [0.15, 0.2) is 0 Å². The number of urea groups is 1. The largest absolute Gasteiger partial charge is 0.324 e. The molecule has 3 aromatic rings. The molecule has 1 aromatic heterocycles. The fraction of sp³-hybridized carbons (Fsp3) is 0.471. The first-order valence-electron chi connectivity index (χ1n) is 15.2. The predicted octanol–water partition coefficient (Wildman–Crippen LogP) is 6.08. The molecule has 0 bridgehead atoms. The van der Waals surface area contributed by atoms with Gasteiger partial charge in [-0.3, -0.25) is 4.79 Å². The van der Waals surface area contributed by atoms with Crippen molar-refractivity contribution in [2.75, 3.05) is 26.7 Å². The topological polar surface area (TPSA) is 57.6 Å². The molecule has 1 saturated carbocycles. The summed E-state index contributed by atoms with van der Waals surface area (Å²) in [5.41, 5.74) is 2.18. The van der Waals surface area contributed by atoms with E-state index < -0.39 is 0 Å². The Hall–Kier alpha value is -3.45. The van der Waals surface area contributed by atoms with E-state index in [0.29, 0.717) is 36.2 Å². The second kappa shape index (κ2) is 11.8. The zero-order chi connectivity index (χ0) is 28.4. The number of rotatable bonds is 5. The molecule has 0 radical (unpaired) electrons. The fourth-order valence-corrected chi connectivity index (χ4v) is 7.69. The number of carbonyl (C=O) groups is 1. The third kappa shape index (κ3) is 5.56. The minimum atomic E-state index is -0.323. The van der Waals surface area contributed by atoms with Gasteiger partial charge in [0.25, 0.3) is 5.56 Å². The number of hydrogen-bond donors (Lipinski definition) is 1. The molecule has 7 heteroatoms. The second-order valence-corrected chi connectivity index (χ2v) is 12.3. The van der Waals surface area contributed by atoms with Crippen molar-refractivity contribution in [3.8, 4) is 11.1 Å². The van der Waals surface area contributed by atoms with E-state index >= 15 is 0 Å². The number of likely N-dealkylation sites (tertiary alicyclic amines) is 2. The second-order valence-electron chi connectivity index (χ2n) is 12.3. The smallest absolute Gasteiger partial charge is 0.320 e. The predicted molar refractivity (Wildman–Crippen MR) is 160 cm³/mol. The highest BCUT2D eigenvalue weighted by Crippen LogP contribution is 2.49. The summed E-state index contributed by atoms with van der Waals surface area (Å²) in [5, 5.41) is 3.43. The van der Waals surface area contributed by atoms with E-state index in [2.05, 4.69) is 39.4 Å². The molecular weight excluding hydrogens is 515 g/mol. The lowest BCUT2D eigenvalue weighted by Gasteiger charge is -2.49. The van der Waals surface area contributed by atoms with Gasteiger partial charge in [0.1, 0.15) is 5.82 Å². The maximum absolute atomic E-state index is 14.3. The van der Waals surface area contributed by atoms with Crippen molar-refractivity contribution in [3.63, 3.8) is 0 Å². The molecule has 2 aliphatic heterocycles. The molecule has 3 atom stereocenters. The number of pyridine rings is 1. The number of nitrogens with zero attached hydrogens (tertiary/aromatic N) is 3. The van der Waals surface area contributed by atoms with Crippen LogP contribution in [0.4, 0.5) is 9.18 Å². The average molecular weight is 557 g/mol. The fourth-order valence-electron chi connectivity index (χ4n) is 7.69. The molecule has 0 unspecified atom stereocenters. The van der Waals surface area contributed by atoms with Gasteiger partial charge in [-0.15, -0.1) is 0 Å². The Bertz CT molecular complexity index is 1420. The molecule has 1 spiro atoms. The zero-order valence-electron chi connectivity index (χ0n) is 24.0. The summed E-state index contributed by atoms with van der Waals surface area (Å²) in [7, 11) is 2.01. The lowest BCUT2D eigenvalue weighted by Crippen LogP contribution is -2.56. The molecule has 1 N–H and O–H groups in total. The van der Waals surface area contributed by atoms with Gasteiger partial charge in [0.05, 0.1) is 6.04 Å². The monoisotopic (exact) mass is 556 g/mol. The Morgan fingerprint density at radius 3 is 2.49 bits per heavy atom. The summed E-state index contributed by atoms with van der Waals surface area (Å²) < 4.78 is 16.1. The number of halogens is 1. The summed E-state index contributed by atoms with van der Waals surface area (Å²) in [5.74, 6) is 0.00212. The normalized spacial score (nSPS) is 24.1. The number of nitrogens with one attached hydrogen (secondary N) is 1. The van der Waals surface area contributed by atoms with Crippen LogP contribution in [0.3, 0.4) is 0 Å². The third-order valence-corrected chi connectivity index (χ3v) is 10.0. The van der Waals surface area contributed by atoms with Gasteiger partial charge >= 0.3 is 6.03 Å². The van der Waals surface area contributed by atoms with Crippen LogP contribution in [0.25, 0.3) is 11.1 Å². The molecule has 6 nitrogen and oxygen atoms in total. The lowest BCUT2D eigenvalue weighted by molar-refractivity contribution is 0.0209. The quantitative estimate of drug-likeness (QED) is 0.414. The Morgan fingerprint density at radius 1 is 1.00 bits per heavy atom. The van der Waals surface area contributed by atoms with E-state index in [1.165, 1.54) is 24.5 Å². The zero-order valence-corrected chi connectivity index (χ0v) is 24.0. The Labute approximate surface area is 242 Å². The Morgan fingerprint density at radius 2 is 1.76 bits per heavy atom. The van der Waals surface area contributed by atoms with Gasteiger partial charge in [0.2, 0.25) is 0 Å². The van der Waals surface area contributed by atoms with Crippen molar-refractivity contribution < 1.29 is 9.18 Å². The van der Waals surface area contributed by atoms with Gasteiger partial charge in [-0.05, 0) is 73.7 Å². The Balaban J connectivity index is 1.20. The number of amides is 2. The van der Waals surface area contributed by atoms with Crippen molar-refractivity contribution in [3.05, 3.63) is 94.7 Å². The molecule has 216 valence electrons. The Kier molecular flexibility index (Phi) is 7.98. The molecule has 2 aromatic carbocycles. The van der Waals surface area contributed by atoms with Crippen LogP contribution >= 0.6 is 0 Å². The number of benzene rings is 2. The van der Waals surface area contributed by atoms with E-state index in [-0.39, 0.29) is 28.9 Å². The van der Waals surface area contributed by atoms with Gasteiger partial charge in [0, 0.05) is 50.0 Å². The first kappa shape index (κ1) is 27.7. The van der Waals surface area contributed by atoms with E-state index in [0.717, 1.165) is 45.2 Å². The van der Waals surface area contributed by atoms with Crippen LogP contribution in [0, 0.1) is 17.2 Å². The third-order valence-electron chi connectivity index (χ3n) is 10.0. The summed E-state index contributed by atoms with van der Waals surface area (Å²) in [6, 6.07) is 21.0. The van der Waals surface area contributed by atoms with Crippen LogP contribution < -0.4 is 10.9 Å². The molecule has 3 heterocycles. The van der Waals surface area contributed by atoms with Gasteiger partial charge in [-0.25, -0.2) is 9.18 Å². The van der Waals surface area contributed by atoms with Gasteiger partial charge in [-0.2, -0.15) is 0 Å². The first-order chi connectivity index (χ1) is 20.0. The van der Waals surface area contributed by atoms with Crippen LogP contribution in [0.1, 0.15) is 56.6 Å². The molecule has 41 heavy (non-hydrogen) atoms. The minimum Gasteiger partial charge on any atom is -0.324 e. The summed E-state index contributed by atoms with van der Waals surface area (Å²) in [6.07, 6.45) is 9.09. The SMILES string of the molecule is CN[C@@H]1CCN(C(=O)N2CC[C@@H](Cn3ccc(-c4ccccc4F)cc3=O)C3(CCCC3)C2)[C@H](c2ccccc2)C1.